The molecule has 0 saturated carbocycles. The van der Waals surface area contributed by atoms with Crippen molar-refractivity contribution in [2.24, 2.45) is 5.92 Å². The zero-order chi connectivity index (χ0) is 14.3. The van der Waals surface area contributed by atoms with Crippen LogP contribution in [0, 0.1) is 5.92 Å². The van der Waals surface area contributed by atoms with E-state index in [9.17, 15) is 10.2 Å². The maximum Gasteiger partial charge on any atom is 0.166 e. The lowest BCUT2D eigenvalue weighted by molar-refractivity contribution is -0.0414. The van der Waals surface area contributed by atoms with E-state index in [1.165, 1.54) is 12.7 Å². The number of aliphatic hydroxyl groups excluding tert-OH is 3. The molecule has 1 aliphatic carbocycles. The maximum absolute atomic E-state index is 10.2. The van der Waals surface area contributed by atoms with Crippen LogP contribution in [0.4, 0.5) is 5.82 Å². The number of aliphatic hydroxyl groups is 3. The molecule has 2 aromatic heterocycles. The lowest BCUT2D eigenvalue weighted by atomic mass is 9.88. The molecule has 0 unspecified atom stereocenters. The molecule has 0 radical (unpaired) electrons. The van der Waals surface area contributed by atoms with E-state index in [0.29, 0.717) is 11.2 Å². The van der Waals surface area contributed by atoms with Crippen LogP contribution in [-0.2, 0) is 0 Å². The summed E-state index contributed by atoms with van der Waals surface area (Å²) in [6.45, 7) is -0.221. The average molecular weight is 277 g/mol. The Labute approximate surface area is 114 Å². The van der Waals surface area contributed by atoms with Gasteiger partial charge in [-0.2, -0.15) is 0 Å². The standard InChI is InChI=1S/C12H15N5O3/c13-11-8-12(15-4-14-11)17(5-16-8)7-2-1-6(3-18)9(19)10(7)20/h1-2,4-7,9-10,18-20H,3H2,(H2,13,14,15)/t6-,7-,9-,10+/m0/s1. The fourth-order valence-electron chi connectivity index (χ4n) is 2.45. The molecule has 0 bridgehead atoms. The second-order valence-corrected chi connectivity index (χ2v) is 4.79. The van der Waals surface area contributed by atoms with Crippen molar-refractivity contribution in [3.63, 3.8) is 0 Å². The van der Waals surface area contributed by atoms with E-state index in [1.54, 1.807) is 16.7 Å². The number of aromatic nitrogens is 4. The van der Waals surface area contributed by atoms with Crippen LogP contribution >= 0.6 is 0 Å². The Hall–Kier alpha value is -2.03. The molecule has 8 nitrogen and oxygen atoms in total. The Bertz CT molecular complexity index is 656. The Morgan fingerprint density at radius 3 is 2.70 bits per heavy atom. The van der Waals surface area contributed by atoms with Gasteiger partial charge in [0.15, 0.2) is 11.5 Å². The normalized spacial score (nSPS) is 29.9. The van der Waals surface area contributed by atoms with Crippen LogP contribution in [-0.4, -0.2) is 53.7 Å². The summed E-state index contributed by atoms with van der Waals surface area (Å²) in [5.74, 6) is -0.215. The topological polar surface area (TPSA) is 130 Å². The molecule has 0 saturated heterocycles. The van der Waals surface area contributed by atoms with Gasteiger partial charge in [0.1, 0.15) is 17.9 Å². The van der Waals surface area contributed by atoms with Crippen molar-refractivity contribution in [2.75, 3.05) is 12.3 Å². The first-order valence-electron chi connectivity index (χ1n) is 6.21. The number of hydrogen-bond acceptors (Lipinski definition) is 7. The quantitative estimate of drug-likeness (QED) is 0.510. The molecule has 1 aliphatic rings. The number of imidazole rings is 1. The van der Waals surface area contributed by atoms with Crippen molar-refractivity contribution in [2.45, 2.75) is 18.2 Å². The van der Waals surface area contributed by atoms with Gasteiger partial charge >= 0.3 is 0 Å². The first kappa shape index (κ1) is 13.0. The predicted octanol–water partition coefficient (Wildman–Crippen LogP) is -1.15. The number of nitrogen functional groups attached to an aromatic ring is 1. The Morgan fingerprint density at radius 2 is 1.95 bits per heavy atom. The van der Waals surface area contributed by atoms with Crippen LogP contribution in [0.15, 0.2) is 24.8 Å². The van der Waals surface area contributed by atoms with Crippen molar-refractivity contribution < 1.29 is 15.3 Å². The molecule has 0 amide bonds. The van der Waals surface area contributed by atoms with Crippen LogP contribution in [0.1, 0.15) is 6.04 Å². The molecule has 5 N–H and O–H groups in total. The molecule has 2 heterocycles. The summed E-state index contributed by atoms with van der Waals surface area (Å²) in [7, 11) is 0. The third kappa shape index (κ3) is 1.85. The SMILES string of the molecule is Nc1ncnc2c1ncn2[C@H]1C=C[C@@H](CO)[C@H](O)[C@@H]1O. The molecule has 0 aliphatic heterocycles. The number of fused-ring (bicyclic) bond motifs is 1. The van der Waals surface area contributed by atoms with Gasteiger partial charge in [-0.15, -0.1) is 0 Å². The van der Waals surface area contributed by atoms with Crippen molar-refractivity contribution in [1.82, 2.24) is 19.5 Å². The average Bonchev–Trinajstić information content (AvgIpc) is 2.87. The van der Waals surface area contributed by atoms with E-state index in [1.807, 2.05) is 0 Å². The van der Waals surface area contributed by atoms with Crippen molar-refractivity contribution in [3.05, 3.63) is 24.8 Å². The van der Waals surface area contributed by atoms with Crippen molar-refractivity contribution >= 4 is 17.0 Å². The third-order valence-electron chi connectivity index (χ3n) is 3.61. The van der Waals surface area contributed by atoms with E-state index in [0.717, 1.165) is 0 Å². The fraction of sp³-hybridized carbons (Fsp3) is 0.417. The minimum absolute atomic E-state index is 0.221. The van der Waals surface area contributed by atoms with Crippen LogP contribution in [0.5, 0.6) is 0 Å². The number of nitrogens with zero attached hydrogens (tertiary/aromatic N) is 4. The minimum Gasteiger partial charge on any atom is -0.396 e. The monoisotopic (exact) mass is 277 g/mol. The van der Waals surface area contributed by atoms with Crippen molar-refractivity contribution in [3.8, 4) is 0 Å². The van der Waals surface area contributed by atoms with E-state index >= 15 is 0 Å². The summed E-state index contributed by atoms with van der Waals surface area (Å²) in [6.07, 6.45) is 4.11. The number of rotatable bonds is 2. The van der Waals surface area contributed by atoms with Gasteiger partial charge < -0.3 is 25.6 Å². The van der Waals surface area contributed by atoms with Crippen LogP contribution in [0.3, 0.4) is 0 Å². The molecular weight excluding hydrogens is 262 g/mol. The molecule has 20 heavy (non-hydrogen) atoms. The Kier molecular flexibility index (Phi) is 3.13. The second kappa shape index (κ2) is 4.82. The van der Waals surface area contributed by atoms with Crippen LogP contribution in [0.25, 0.3) is 11.2 Å². The first-order chi connectivity index (χ1) is 9.63. The minimum atomic E-state index is -1.06. The summed E-state index contributed by atoms with van der Waals surface area (Å²) in [6, 6.07) is -0.521. The van der Waals surface area contributed by atoms with E-state index < -0.39 is 24.2 Å². The first-order valence-corrected chi connectivity index (χ1v) is 6.21. The van der Waals surface area contributed by atoms with Gasteiger partial charge in [0.25, 0.3) is 0 Å². The molecule has 2 aromatic rings. The molecule has 0 fully saturated rings. The third-order valence-corrected chi connectivity index (χ3v) is 3.61. The number of anilines is 1. The number of nitrogens with two attached hydrogens (primary N) is 1. The van der Waals surface area contributed by atoms with Gasteiger partial charge in [-0.3, -0.25) is 0 Å². The highest BCUT2D eigenvalue weighted by Gasteiger charge is 2.35. The summed E-state index contributed by atoms with van der Waals surface area (Å²) in [5.41, 5.74) is 6.65. The number of hydrogen-bond donors (Lipinski definition) is 4. The maximum atomic E-state index is 10.2. The lowest BCUT2D eigenvalue weighted by Crippen LogP contribution is -2.42. The molecule has 106 valence electrons. The zero-order valence-electron chi connectivity index (χ0n) is 10.5. The molecule has 0 aromatic carbocycles. The molecule has 8 heteroatoms. The Morgan fingerprint density at radius 1 is 1.15 bits per heavy atom. The summed E-state index contributed by atoms with van der Waals surface area (Å²) in [4.78, 5) is 12.1. The van der Waals surface area contributed by atoms with E-state index in [4.69, 9.17) is 10.8 Å². The van der Waals surface area contributed by atoms with E-state index in [2.05, 4.69) is 15.0 Å². The lowest BCUT2D eigenvalue weighted by Gasteiger charge is -2.33. The van der Waals surface area contributed by atoms with Gasteiger partial charge in [0.2, 0.25) is 0 Å². The zero-order valence-corrected chi connectivity index (χ0v) is 10.5. The van der Waals surface area contributed by atoms with Gasteiger partial charge in [-0.05, 0) is 0 Å². The van der Waals surface area contributed by atoms with Crippen molar-refractivity contribution in [1.29, 1.82) is 0 Å². The molecule has 0 spiro atoms. The molecular formula is C12H15N5O3. The van der Waals surface area contributed by atoms with Gasteiger partial charge in [-0.25, -0.2) is 15.0 Å². The molecule has 3 rings (SSSR count). The highest BCUT2D eigenvalue weighted by molar-refractivity contribution is 5.81. The van der Waals surface area contributed by atoms with Gasteiger partial charge in [0, 0.05) is 5.92 Å². The summed E-state index contributed by atoms with van der Waals surface area (Å²) >= 11 is 0. The predicted molar refractivity (Wildman–Crippen MR) is 70.5 cm³/mol. The van der Waals surface area contributed by atoms with E-state index in [-0.39, 0.29) is 12.4 Å². The molecule has 4 atom stereocenters. The largest absolute Gasteiger partial charge is 0.396 e. The highest BCUT2D eigenvalue weighted by atomic mass is 16.3. The van der Waals surface area contributed by atoms with Gasteiger partial charge in [0.05, 0.1) is 25.1 Å². The highest BCUT2D eigenvalue weighted by Crippen LogP contribution is 2.29. The van der Waals surface area contributed by atoms with Gasteiger partial charge in [-0.1, -0.05) is 12.2 Å². The van der Waals surface area contributed by atoms with Crippen LogP contribution < -0.4 is 5.73 Å². The smallest absolute Gasteiger partial charge is 0.166 e. The summed E-state index contributed by atoms with van der Waals surface area (Å²) < 4.78 is 1.63. The fourth-order valence-corrected chi connectivity index (χ4v) is 2.45. The summed E-state index contributed by atoms with van der Waals surface area (Å²) in [5, 5.41) is 29.3. The van der Waals surface area contributed by atoms with Crippen LogP contribution in [0.2, 0.25) is 0 Å². The second-order valence-electron chi connectivity index (χ2n) is 4.79. The Balaban J connectivity index is 2.05.